The van der Waals surface area contributed by atoms with Crippen LogP contribution >= 0.6 is 0 Å². The maximum Gasteiger partial charge on any atom is 1.00 e. The first kappa shape index (κ1) is 13.5. The molecule has 15 heavy (non-hydrogen) atoms. The van der Waals surface area contributed by atoms with E-state index in [0.29, 0.717) is 5.75 Å². The van der Waals surface area contributed by atoms with Crippen LogP contribution in [0.15, 0.2) is 24.3 Å². The van der Waals surface area contributed by atoms with Gasteiger partial charge in [0.2, 0.25) is 0 Å². The van der Waals surface area contributed by atoms with Crippen LogP contribution in [0.25, 0.3) is 0 Å². The van der Waals surface area contributed by atoms with Gasteiger partial charge in [0.05, 0.1) is 6.61 Å². The third-order valence-corrected chi connectivity index (χ3v) is 2.23. The second-order valence-electron chi connectivity index (χ2n) is 3.39. The zero-order valence-corrected chi connectivity index (χ0v) is 12.1. The molecule has 0 radical (unpaired) electrons. The zero-order chi connectivity index (χ0) is 9.80. The van der Waals surface area contributed by atoms with Crippen molar-refractivity contribution in [3.63, 3.8) is 0 Å². The van der Waals surface area contributed by atoms with E-state index < -0.39 is 0 Å². The van der Waals surface area contributed by atoms with Gasteiger partial charge in [-0.2, -0.15) is 0 Å². The molecule has 0 aliphatic carbocycles. The molecule has 1 aromatic rings. The molecule has 1 aliphatic rings. The number of hydrogen-bond acceptors (Lipinski definition) is 3. The second kappa shape index (κ2) is 6.88. The third-order valence-electron chi connectivity index (χ3n) is 2.23. The maximum atomic E-state index is 10.8. The molecule has 0 amide bonds. The Kier molecular flexibility index (Phi) is 6.19. The van der Waals surface area contributed by atoms with E-state index in [2.05, 4.69) is 0 Å². The summed E-state index contributed by atoms with van der Waals surface area (Å²) in [6.07, 6.45) is 3.05. The fourth-order valence-electron chi connectivity index (χ4n) is 1.47. The van der Waals surface area contributed by atoms with E-state index in [1.54, 1.807) is 12.1 Å². The van der Waals surface area contributed by atoms with Crippen molar-refractivity contribution in [1.82, 2.24) is 0 Å². The summed E-state index contributed by atoms with van der Waals surface area (Å²) in [5.74, 6) is 0.707. The molecule has 4 heteroatoms. The smallest absolute Gasteiger partial charge is 0.872 e. The molecule has 0 saturated carbocycles. The van der Waals surface area contributed by atoms with E-state index in [-0.39, 0.29) is 63.4 Å². The van der Waals surface area contributed by atoms with Gasteiger partial charge in [-0.15, -0.1) is 5.75 Å². The minimum Gasteiger partial charge on any atom is -0.872 e. The quantitative estimate of drug-likeness (QED) is 0.593. The molecule has 0 aromatic heterocycles. The van der Waals surface area contributed by atoms with Crippen molar-refractivity contribution >= 4 is 0 Å². The van der Waals surface area contributed by atoms with Crippen molar-refractivity contribution in [2.24, 2.45) is 0 Å². The van der Waals surface area contributed by atoms with Crippen molar-refractivity contribution in [1.29, 1.82) is 0 Å². The molecule has 1 aliphatic heterocycles. The monoisotopic (exact) mass is 232 g/mol. The predicted octanol–water partition coefficient (Wildman–Crippen LogP) is -1.33. The Bertz CT molecular complexity index is 280. The van der Waals surface area contributed by atoms with Gasteiger partial charge in [-0.25, -0.2) is 0 Å². The first-order valence-electron chi connectivity index (χ1n) is 4.90. The minimum atomic E-state index is -0.138. The molecule has 0 bridgehead atoms. The first-order valence-corrected chi connectivity index (χ1v) is 4.90. The van der Waals surface area contributed by atoms with Crippen LogP contribution in [0.4, 0.5) is 0 Å². The Morgan fingerprint density at radius 1 is 1.20 bits per heavy atom. The van der Waals surface area contributed by atoms with Crippen LogP contribution in [0.2, 0.25) is 0 Å². The second-order valence-corrected chi connectivity index (χ2v) is 3.39. The molecule has 0 spiro atoms. The fourth-order valence-corrected chi connectivity index (χ4v) is 1.47. The molecule has 1 aromatic carbocycles. The van der Waals surface area contributed by atoms with Gasteiger partial charge >= 0.3 is 51.4 Å². The van der Waals surface area contributed by atoms with Crippen LogP contribution in [0.5, 0.6) is 11.5 Å². The van der Waals surface area contributed by atoms with E-state index >= 15 is 0 Å². The van der Waals surface area contributed by atoms with Gasteiger partial charge in [0.25, 0.3) is 0 Å². The Hall–Kier alpha value is 0.416. The maximum absolute atomic E-state index is 10.8. The molecule has 0 N–H and O–H groups in total. The van der Waals surface area contributed by atoms with Crippen LogP contribution in [-0.2, 0) is 4.74 Å². The van der Waals surface area contributed by atoms with Gasteiger partial charge in [0.1, 0.15) is 5.75 Å². The standard InChI is InChI=1S/C11H14O3.K/c12-9-4-6-10(7-5-9)14-11-3-1-2-8-13-11;/h4-7,11-12H,1-3,8H2;/q;+1/p-1. The summed E-state index contributed by atoms with van der Waals surface area (Å²) in [6, 6.07) is 6.36. The molecule has 1 atom stereocenters. The van der Waals surface area contributed by atoms with Crippen LogP contribution in [0.1, 0.15) is 19.3 Å². The average Bonchev–Trinajstić information content (AvgIpc) is 2.23. The van der Waals surface area contributed by atoms with Crippen molar-refractivity contribution in [3.8, 4) is 11.5 Å². The summed E-state index contributed by atoms with van der Waals surface area (Å²) >= 11 is 0. The van der Waals surface area contributed by atoms with Crippen molar-refractivity contribution in [3.05, 3.63) is 24.3 Å². The summed E-state index contributed by atoms with van der Waals surface area (Å²) in [5.41, 5.74) is 0. The summed E-state index contributed by atoms with van der Waals surface area (Å²) in [4.78, 5) is 0. The van der Waals surface area contributed by atoms with E-state index in [1.807, 2.05) is 0 Å². The Morgan fingerprint density at radius 2 is 1.93 bits per heavy atom. The van der Waals surface area contributed by atoms with E-state index in [4.69, 9.17) is 9.47 Å². The van der Waals surface area contributed by atoms with E-state index in [0.717, 1.165) is 25.9 Å². The number of rotatable bonds is 2. The molecular weight excluding hydrogens is 219 g/mol. The summed E-state index contributed by atoms with van der Waals surface area (Å²) in [7, 11) is 0. The molecule has 76 valence electrons. The molecule has 1 unspecified atom stereocenters. The van der Waals surface area contributed by atoms with Crippen LogP contribution in [0, 0.1) is 0 Å². The summed E-state index contributed by atoms with van der Waals surface area (Å²) in [6.45, 7) is 0.768. The zero-order valence-electron chi connectivity index (χ0n) is 8.94. The fraction of sp³-hybridized carbons (Fsp3) is 0.455. The molecular formula is C11H13KO3. The van der Waals surface area contributed by atoms with Gasteiger partial charge in [0, 0.05) is 6.42 Å². The summed E-state index contributed by atoms with van der Waals surface area (Å²) < 4.78 is 11.0. The predicted molar refractivity (Wildman–Crippen MR) is 50.1 cm³/mol. The Balaban J connectivity index is 0.00000112. The normalized spacial score (nSPS) is 20.4. The topological polar surface area (TPSA) is 41.5 Å². The number of benzene rings is 1. The largest absolute Gasteiger partial charge is 1.00 e. The van der Waals surface area contributed by atoms with Crippen LogP contribution in [0.3, 0.4) is 0 Å². The van der Waals surface area contributed by atoms with Gasteiger partial charge in [-0.1, -0.05) is 12.1 Å². The number of hydrogen-bond donors (Lipinski definition) is 0. The molecule has 1 saturated heterocycles. The number of ether oxygens (including phenoxy) is 2. The Labute approximate surface area is 132 Å². The Morgan fingerprint density at radius 3 is 2.53 bits per heavy atom. The molecule has 1 heterocycles. The SMILES string of the molecule is [K+].[O-]c1ccc(OC2CCCCO2)cc1. The van der Waals surface area contributed by atoms with Crippen molar-refractivity contribution < 1.29 is 66.0 Å². The molecule has 1 fully saturated rings. The van der Waals surface area contributed by atoms with Gasteiger partial charge in [0.15, 0.2) is 6.29 Å². The van der Waals surface area contributed by atoms with E-state index in [9.17, 15) is 5.11 Å². The molecule has 3 nitrogen and oxygen atoms in total. The van der Waals surface area contributed by atoms with Gasteiger partial charge < -0.3 is 14.6 Å². The molecule has 2 rings (SSSR count). The van der Waals surface area contributed by atoms with E-state index in [1.165, 1.54) is 12.1 Å². The minimum absolute atomic E-state index is 0. The van der Waals surface area contributed by atoms with Gasteiger partial charge in [-0.3, -0.25) is 0 Å². The third kappa shape index (κ3) is 4.42. The van der Waals surface area contributed by atoms with Crippen LogP contribution in [-0.4, -0.2) is 12.9 Å². The first-order chi connectivity index (χ1) is 6.84. The average molecular weight is 232 g/mol. The van der Waals surface area contributed by atoms with Gasteiger partial charge in [-0.05, 0) is 25.0 Å². The summed E-state index contributed by atoms with van der Waals surface area (Å²) in [5, 5.41) is 10.8. The van der Waals surface area contributed by atoms with Crippen molar-refractivity contribution in [2.75, 3.05) is 6.61 Å². The van der Waals surface area contributed by atoms with Crippen molar-refractivity contribution in [2.45, 2.75) is 25.6 Å². The van der Waals surface area contributed by atoms with Crippen LogP contribution < -0.4 is 61.2 Å².